The summed E-state index contributed by atoms with van der Waals surface area (Å²) in [5.74, 6) is 0.271. The van der Waals surface area contributed by atoms with Gasteiger partial charge >= 0.3 is 11.6 Å². The van der Waals surface area contributed by atoms with Crippen LogP contribution in [0.25, 0.3) is 21.9 Å². The minimum atomic E-state index is -0.431. The Bertz CT molecular complexity index is 992. The van der Waals surface area contributed by atoms with Gasteiger partial charge in [-0.3, -0.25) is 0 Å². The summed E-state index contributed by atoms with van der Waals surface area (Å²) in [6.07, 6.45) is 0. The van der Waals surface area contributed by atoms with Gasteiger partial charge in [-0.2, -0.15) is 0 Å². The van der Waals surface area contributed by atoms with Crippen molar-refractivity contribution < 1.29 is 23.1 Å². The van der Waals surface area contributed by atoms with Crippen LogP contribution in [0.5, 0.6) is 0 Å². The number of benzene rings is 1. The Labute approximate surface area is 137 Å². The average Bonchev–Trinajstić information content (AvgIpc) is 2.85. The van der Waals surface area contributed by atoms with Crippen molar-refractivity contribution in [2.75, 3.05) is 13.7 Å². The van der Waals surface area contributed by atoms with E-state index in [9.17, 15) is 9.59 Å². The molecule has 126 valence electrons. The first-order valence-electron chi connectivity index (χ1n) is 7.53. The molecule has 0 atom stereocenters. The third kappa shape index (κ3) is 2.69. The van der Waals surface area contributed by atoms with Crippen LogP contribution in [0.15, 0.2) is 25.8 Å². The van der Waals surface area contributed by atoms with Gasteiger partial charge in [0, 0.05) is 28.0 Å². The number of rotatable bonds is 4. The highest BCUT2D eigenvalue weighted by atomic mass is 16.6. The molecule has 6 heteroatoms. The lowest BCUT2D eigenvalue weighted by Crippen LogP contribution is -2.10. The molecule has 24 heavy (non-hydrogen) atoms. The molecule has 0 radical (unpaired) electrons. The van der Waals surface area contributed by atoms with Crippen LogP contribution in [0.2, 0.25) is 0 Å². The molecule has 0 saturated heterocycles. The van der Waals surface area contributed by atoms with Gasteiger partial charge in [0.2, 0.25) is 0 Å². The fraction of sp³-hybridized carbons (Fsp3) is 0.333. The third-order valence-electron chi connectivity index (χ3n) is 4.12. The van der Waals surface area contributed by atoms with E-state index in [0.29, 0.717) is 16.9 Å². The summed E-state index contributed by atoms with van der Waals surface area (Å²) in [5.41, 5.74) is 3.28. The summed E-state index contributed by atoms with van der Waals surface area (Å²) in [6.45, 7) is 5.67. The Morgan fingerprint density at radius 1 is 1.08 bits per heavy atom. The van der Waals surface area contributed by atoms with Crippen LogP contribution in [0.4, 0.5) is 0 Å². The zero-order chi connectivity index (χ0) is 17.4. The number of hydrogen-bond acceptors (Lipinski definition) is 6. The largest absolute Gasteiger partial charge is 0.467 e. The zero-order valence-corrected chi connectivity index (χ0v) is 14.0. The molecule has 0 amide bonds. The number of methoxy groups -OCH3 is 1. The van der Waals surface area contributed by atoms with Crippen LogP contribution in [-0.4, -0.2) is 19.7 Å². The van der Waals surface area contributed by atoms with Gasteiger partial charge in [-0.25, -0.2) is 9.59 Å². The normalized spacial score (nSPS) is 11.3. The number of esters is 1. The molecule has 2 aromatic heterocycles. The smallest absolute Gasteiger partial charge is 0.336 e. The second-order valence-electron chi connectivity index (χ2n) is 5.71. The Morgan fingerprint density at radius 3 is 2.50 bits per heavy atom. The predicted octanol–water partition coefficient (Wildman–Crippen LogP) is 3.15. The summed E-state index contributed by atoms with van der Waals surface area (Å²) >= 11 is 0. The maximum Gasteiger partial charge on any atom is 0.336 e. The number of hydrogen-bond donors (Lipinski definition) is 0. The molecule has 0 spiro atoms. The predicted molar refractivity (Wildman–Crippen MR) is 88.1 cm³/mol. The van der Waals surface area contributed by atoms with Gasteiger partial charge in [0.1, 0.15) is 23.5 Å². The van der Waals surface area contributed by atoms with Gasteiger partial charge in [0.25, 0.3) is 0 Å². The van der Waals surface area contributed by atoms with E-state index in [1.165, 1.54) is 13.2 Å². The highest BCUT2D eigenvalue weighted by Gasteiger charge is 2.18. The minimum absolute atomic E-state index is 0.122. The summed E-state index contributed by atoms with van der Waals surface area (Å²) < 4.78 is 21.2. The fourth-order valence-corrected chi connectivity index (χ4v) is 2.83. The molecular weight excluding hydrogens is 312 g/mol. The molecule has 0 unspecified atom stereocenters. The van der Waals surface area contributed by atoms with Gasteiger partial charge in [0.15, 0.2) is 0 Å². The van der Waals surface area contributed by atoms with E-state index < -0.39 is 5.97 Å². The van der Waals surface area contributed by atoms with Crippen molar-refractivity contribution in [3.63, 3.8) is 0 Å². The Hall–Kier alpha value is -2.60. The van der Waals surface area contributed by atoms with Crippen molar-refractivity contribution in [2.24, 2.45) is 0 Å². The van der Waals surface area contributed by atoms with Crippen molar-refractivity contribution in [3.8, 4) is 0 Å². The molecule has 0 N–H and O–H groups in total. The Kier molecular flexibility index (Phi) is 4.15. The maximum absolute atomic E-state index is 11.6. The first-order valence-corrected chi connectivity index (χ1v) is 7.53. The Morgan fingerprint density at radius 2 is 1.79 bits per heavy atom. The van der Waals surface area contributed by atoms with Gasteiger partial charge in [-0.15, -0.1) is 0 Å². The van der Waals surface area contributed by atoms with Crippen LogP contribution in [0.3, 0.4) is 0 Å². The molecule has 0 fully saturated rings. The van der Waals surface area contributed by atoms with E-state index in [0.717, 1.165) is 27.5 Å². The van der Waals surface area contributed by atoms with Crippen LogP contribution in [0.1, 0.15) is 22.5 Å². The molecule has 0 aliphatic carbocycles. The van der Waals surface area contributed by atoms with Gasteiger partial charge in [0.05, 0.1) is 13.7 Å². The quantitative estimate of drug-likeness (QED) is 0.540. The monoisotopic (exact) mass is 330 g/mol. The number of fused-ring (bicyclic) bond motifs is 2. The van der Waals surface area contributed by atoms with Crippen LogP contribution < -0.4 is 5.63 Å². The highest BCUT2D eigenvalue weighted by Crippen LogP contribution is 2.34. The van der Waals surface area contributed by atoms with E-state index in [1.54, 1.807) is 0 Å². The first-order chi connectivity index (χ1) is 11.4. The molecule has 0 saturated carbocycles. The number of carbonyl (C=O) groups is 1. The molecule has 1 aromatic carbocycles. The SMILES string of the molecule is COC(=O)COCc1c(C)oc2c(C)c3oc(=O)cc(C)c3cc12. The minimum Gasteiger partial charge on any atom is -0.467 e. The molecule has 0 aliphatic rings. The summed E-state index contributed by atoms with van der Waals surface area (Å²) in [7, 11) is 1.32. The lowest BCUT2D eigenvalue weighted by Gasteiger charge is -2.06. The Balaban J connectivity index is 2.13. The topological polar surface area (TPSA) is 78.9 Å². The van der Waals surface area contributed by atoms with Crippen LogP contribution >= 0.6 is 0 Å². The van der Waals surface area contributed by atoms with E-state index in [2.05, 4.69) is 4.74 Å². The molecule has 6 nitrogen and oxygen atoms in total. The fourth-order valence-electron chi connectivity index (χ4n) is 2.83. The molecule has 3 aromatic rings. The number of aryl methyl sites for hydroxylation is 3. The molecular formula is C18H18O6. The molecule has 3 rings (SSSR count). The highest BCUT2D eigenvalue weighted by molar-refractivity contribution is 5.99. The van der Waals surface area contributed by atoms with Crippen LogP contribution in [-0.2, 0) is 20.9 Å². The van der Waals surface area contributed by atoms with E-state index in [-0.39, 0.29) is 18.8 Å². The number of furan rings is 1. The van der Waals surface area contributed by atoms with E-state index in [4.69, 9.17) is 13.6 Å². The van der Waals surface area contributed by atoms with Crippen molar-refractivity contribution in [2.45, 2.75) is 27.4 Å². The maximum atomic E-state index is 11.6. The number of carbonyl (C=O) groups excluding carboxylic acids is 1. The lowest BCUT2D eigenvalue weighted by molar-refractivity contribution is -0.146. The van der Waals surface area contributed by atoms with Crippen molar-refractivity contribution in [1.82, 2.24) is 0 Å². The third-order valence-corrected chi connectivity index (χ3v) is 4.12. The van der Waals surface area contributed by atoms with Crippen molar-refractivity contribution >= 4 is 27.9 Å². The van der Waals surface area contributed by atoms with Crippen molar-refractivity contribution in [3.05, 3.63) is 45.0 Å². The standard InChI is InChI=1S/C18H18O6/c1-9-5-15(19)24-17-10(2)18-13(6-12(9)17)14(11(3)23-18)7-22-8-16(20)21-4/h5-6H,7-8H2,1-4H3. The number of ether oxygens (including phenoxy) is 2. The summed E-state index contributed by atoms with van der Waals surface area (Å²) in [6, 6.07) is 3.40. The average molecular weight is 330 g/mol. The zero-order valence-electron chi connectivity index (χ0n) is 14.0. The molecule has 2 heterocycles. The molecule has 0 bridgehead atoms. The summed E-state index contributed by atoms with van der Waals surface area (Å²) in [5, 5.41) is 1.74. The van der Waals surface area contributed by atoms with Crippen molar-refractivity contribution in [1.29, 1.82) is 0 Å². The van der Waals surface area contributed by atoms with Gasteiger partial charge in [-0.1, -0.05) is 0 Å². The first kappa shape index (κ1) is 16.3. The van der Waals surface area contributed by atoms with Gasteiger partial charge < -0.3 is 18.3 Å². The van der Waals surface area contributed by atoms with Gasteiger partial charge in [-0.05, 0) is 32.4 Å². The molecule has 0 aliphatic heterocycles. The second kappa shape index (κ2) is 6.13. The lowest BCUT2D eigenvalue weighted by atomic mass is 10.0. The second-order valence-corrected chi connectivity index (χ2v) is 5.71. The van der Waals surface area contributed by atoms with E-state index >= 15 is 0 Å². The van der Waals surface area contributed by atoms with Crippen LogP contribution in [0, 0.1) is 20.8 Å². The van der Waals surface area contributed by atoms with E-state index in [1.807, 2.05) is 26.8 Å². The summed E-state index contributed by atoms with van der Waals surface area (Å²) in [4.78, 5) is 22.8.